The Balaban J connectivity index is 2.28. The zero-order valence-corrected chi connectivity index (χ0v) is 7.45. The lowest BCUT2D eigenvalue weighted by molar-refractivity contribution is -0.146. The highest BCUT2D eigenvalue weighted by Gasteiger charge is 2.26. The first kappa shape index (κ1) is 9.26. The van der Waals surface area contributed by atoms with Crippen molar-refractivity contribution >= 4 is 5.97 Å². The van der Waals surface area contributed by atoms with Crippen LogP contribution in [-0.2, 0) is 9.53 Å². The first-order chi connectivity index (χ1) is 5.74. The molecule has 0 saturated carbocycles. The summed E-state index contributed by atoms with van der Waals surface area (Å²) in [6, 6.07) is 0. The van der Waals surface area contributed by atoms with Gasteiger partial charge in [0.25, 0.3) is 0 Å². The van der Waals surface area contributed by atoms with Crippen molar-refractivity contribution in [3.8, 4) is 0 Å². The average molecular weight is 169 g/mol. The van der Waals surface area contributed by atoms with E-state index in [1.54, 1.807) is 6.08 Å². The highest BCUT2D eigenvalue weighted by molar-refractivity contribution is 5.73. The van der Waals surface area contributed by atoms with Crippen molar-refractivity contribution in [2.24, 2.45) is 5.92 Å². The molecule has 0 N–H and O–H groups in total. The van der Waals surface area contributed by atoms with Gasteiger partial charge in [-0.15, -0.1) is 0 Å². The second kappa shape index (κ2) is 4.26. The molecule has 0 aliphatic carbocycles. The molecule has 1 atom stereocenters. The maximum Gasteiger partial charge on any atom is 0.310 e. The number of hydrogen-bond donors (Lipinski definition) is 0. The minimum atomic E-state index is -0.0840. The summed E-state index contributed by atoms with van der Waals surface area (Å²) in [5, 5.41) is 0. The van der Waals surface area contributed by atoms with Gasteiger partial charge in [-0.25, -0.2) is 0 Å². The maximum atomic E-state index is 11.3. The smallest absolute Gasteiger partial charge is 0.310 e. The maximum absolute atomic E-state index is 11.3. The van der Waals surface area contributed by atoms with Gasteiger partial charge in [-0.2, -0.15) is 0 Å². The van der Waals surface area contributed by atoms with Crippen LogP contribution in [0.3, 0.4) is 0 Å². The summed E-state index contributed by atoms with van der Waals surface area (Å²) in [5.74, 6) is -0.00537. The zero-order chi connectivity index (χ0) is 8.97. The molecule has 12 heavy (non-hydrogen) atoms. The van der Waals surface area contributed by atoms with Crippen LogP contribution in [0.1, 0.15) is 6.42 Å². The van der Waals surface area contributed by atoms with Crippen LogP contribution in [0.5, 0.6) is 0 Å². The Morgan fingerprint density at radius 2 is 2.58 bits per heavy atom. The molecule has 1 heterocycles. The average Bonchev–Trinajstić information content (AvgIpc) is 2.47. The van der Waals surface area contributed by atoms with Crippen LogP contribution >= 0.6 is 0 Å². The van der Waals surface area contributed by atoms with Crippen LogP contribution in [-0.4, -0.2) is 37.6 Å². The van der Waals surface area contributed by atoms with Gasteiger partial charge >= 0.3 is 5.97 Å². The first-order valence-corrected chi connectivity index (χ1v) is 4.20. The van der Waals surface area contributed by atoms with Gasteiger partial charge in [-0.05, 0) is 20.0 Å². The number of hydrogen-bond acceptors (Lipinski definition) is 3. The Hall–Kier alpha value is -0.830. The Bertz CT molecular complexity index is 179. The Morgan fingerprint density at radius 3 is 3.08 bits per heavy atom. The molecule has 0 aromatic carbocycles. The van der Waals surface area contributed by atoms with Gasteiger partial charge in [0, 0.05) is 6.54 Å². The number of ether oxygens (including phenoxy) is 1. The Labute approximate surface area is 73.0 Å². The van der Waals surface area contributed by atoms with Crippen molar-refractivity contribution < 1.29 is 9.53 Å². The summed E-state index contributed by atoms with van der Waals surface area (Å²) in [6.45, 7) is 5.64. The third-order valence-electron chi connectivity index (χ3n) is 2.07. The molecule has 1 unspecified atom stereocenters. The highest BCUT2D eigenvalue weighted by atomic mass is 16.5. The van der Waals surface area contributed by atoms with E-state index in [9.17, 15) is 4.79 Å². The largest absolute Gasteiger partial charge is 0.461 e. The lowest BCUT2D eigenvalue weighted by Gasteiger charge is -2.08. The van der Waals surface area contributed by atoms with E-state index < -0.39 is 0 Å². The number of nitrogens with zero attached hydrogens (tertiary/aromatic N) is 1. The van der Waals surface area contributed by atoms with Crippen molar-refractivity contribution in [1.82, 2.24) is 4.90 Å². The molecule has 0 radical (unpaired) electrons. The number of carbonyl (C=O) groups excluding carboxylic acids is 1. The first-order valence-electron chi connectivity index (χ1n) is 4.20. The molecule has 0 aromatic rings. The Morgan fingerprint density at radius 1 is 1.83 bits per heavy atom. The summed E-state index contributed by atoms with van der Waals surface area (Å²) < 4.78 is 4.94. The molecular formula is C9H15NO2. The molecule has 68 valence electrons. The number of likely N-dealkylation sites (tertiary alicyclic amines) is 1. The van der Waals surface area contributed by atoms with Crippen molar-refractivity contribution in [2.45, 2.75) is 6.42 Å². The van der Waals surface area contributed by atoms with Gasteiger partial charge in [0.15, 0.2) is 0 Å². The fraction of sp³-hybridized carbons (Fsp3) is 0.667. The zero-order valence-electron chi connectivity index (χ0n) is 7.45. The van der Waals surface area contributed by atoms with Crippen molar-refractivity contribution in [1.29, 1.82) is 0 Å². The molecule has 1 aliphatic rings. The third-order valence-corrected chi connectivity index (χ3v) is 2.07. The molecule has 1 saturated heterocycles. The summed E-state index contributed by atoms with van der Waals surface area (Å²) in [5.41, 5.74) is 0. The molecule has 0 aromatic heterocycles. The summed E-state index contributed by atoms with van der Waals surface area (Å²) >= 11 is 0. The molecule has 0 spiro atoms. The lowest BCUT2D eigenvalue weighted by Crippen LogP contribution is -2.21. The Kier molecular flexibility index (Phi) is 3.29. The standard InChI is InChI=1S/C9H15NO2/c1-3-6-12-9(11)8-4-5-10(2)7-8/h3,8H,1,4-7H2,2H3. The highest BCUT2D eigenvalue weighted by Crippen LogP contribution is 2.15. The number of rotatable bonds is 3. The van der Waals surface area contributed by atoms with Crippen LogP contribution in [0.25, 0.3) is 0 Å². The summed E-state index contributed by atoms with van der Waals surface area (Å²) in [6.07, 6.45) is 2.52. The van der Waals surface area contributed by atoms with Gasteiger partial charge in [0.05, 0.1) is 5.92 Å². The normalized spacial score (nSPS) is 23.9. The molecule has 0 amide bonds. The molecule has 1 aliphatic heterocycles. The van der Waals surface area contributed by atoms with Gasteiger partial charge in [0.2, 0.25) is 0 Å². The fourth-order valence-electron chi connectivity index (χ4n) is 1.39. The van der Waals surface area contributed by atoms with Crippen LogP contribution < -0.4 is 0 Å². The van der Waals surface area contributed by atoms with Gasteiger partial charge in [0.1, 0.15) is 6.61 Å². The fourth-order valence-corrected chi connectivity index (χ4v) is 1.39. The topological polar surface area (TPSA) is 29.5 Å². The van der Waals surface area contributed by atoms with Crippen LogP contribution in [0.4, 0.5) is 0 Å². The third kappa shape index (κ3) is 2.34. The monoisotopic (exact) mass is 169 g/mol. The second-order valence-corrected chi connectivity index (χ2v) is 3.17. The van der Waals surface area contributed by atoms with Crippen LogP contribution in [0, 0.1) is 5.92 Å². The second-order valence-electron chi connectivity index (χ2n) is 3.17. The number of esters is 1. The van der Waals surface area contributed by atoms with Crippen LogP contribution in [0.15, 0.2) is 12.7 Å². The van der Waals surface area contributed by atoms with Crippen molar-refractivity contribution in [2.75, 3.05) is 26.7 Å². The summed E-state index contributed by atoms with van der Waals surface area (Å²) in [4.78, 5) is 13.4. The van der Waals surface area contributed by atoms with E-state index in [4.69, 9.17) is 4.74 Å². The molecule has 3 nitrogen and oxygen atoms in total. The predicted molar refractivity (Wildman–Crippen MR) is 46.8 cm³/mol. The van der Waals surface area contributed by atoms with Gasteiger partial charge in [-0.1, -0.05) is 12.7 Å². The molecule has 3 heteroatoms. The van der Waals surface area contributed by atoms with E-state index in [0.29, 0.717) is 6.61 Å². The minimum Gasteiger partial charge on any atom is -0.461 e. The minimum absolute atomic E-state index is 0.0787. The van der Waals surface area contributed by atoms with Crippen LogP contribution in [0.2, 0.25) is 0 Å². The van der Waals surface area contributed by atoms with E-state index in [1.807, 2.05) is 7.05 Å². The lowest BCUT2D eigenvalue weighted by atomic mass is 10.1. The number of carbonyl (C=O) groups is 1. The van der Waals surface area contributed by atoms with Crippen molar-refractivity contribution in [3.05, 3.63) is 12.7 Å². The quantitative estimate of drug-likeness (QED) is 0.459. The van der Waals surface area contributed by atoms with E-state index in [2.05, 4.69) is 11.5 Å². The van der Waals surface area contributed by atoms with E-state index >= 15 is 0 Å². The molecular weight excluding hydrogens is 154 g/mol. The van der Waals surface area contributed by atoms with Crippen molar-refractivity contribution in [3.63, 3.8) is 0 Å². The van der Waals surface area contributed by atoms with Gasteiger partial charge < -0.3 is 9.64 Å². The van der Waals surface area contributed by atoms with E-state index in [0.717, 1.165) is 19.5 Å². The predicted octanol–water partition coefficient (Wildman–Crippen LogP) is 0.667. The molecule has 1 rings (SSSR count). The van der Waals surface area contributed by atoms with E-state index in [-0.39, 0.29) is 11.9 Å². The summed E-state index contributed by atoms with van der Waals surface area (Å²) in [7, 11) is 2.01. The molecule has 0 bridgehead atoms. The van der Waals surface area contributed by atoms with E-state index in [1.165, 1.54) is 0 Å². The van der Waals surface area contributed by atoms with Gasteiger partial charge in [-0.3, -0.25) is 4.79 Å². The molecule has 1 fully saturated rings. The SMILES string of the molecule is C=CCOC(=O)C1CCN(C)C1.